The highest BCUT2D eigenvalue weighted by molar-refractivity contribution is 5.45. The molecule has 3 nitrogen and oxygen atoms in total. The van der Waals surface area contributed by atoms with Gasteiger partial charge in [-0.3, -0.25) is 4.98 Å². The Morgan fingerprint density at radius 2 is 1.95 bits per heavy atom. The zero-order valence-corrected chi connectivity index (χ0v) is 11.8. The van der Waals surface area contributed by atoms with Crippen molar-refractivity contribution in [3.63, 3.8) is 0 Å². The summed E-state index contributed by atoms with van der Waals surface area (Å²) in [5.41, 5.74) is 10.5. The lowest BCUT2D eigenvalue weighted by molar-refractivity contribution is 0.778. The summed E-state index contributed by atoms with van der Waals surface area (Å²) in [6.07, 6.45) is 1.89. The van der Waals surface area contributed by atoms with Crippen LogP contribution < -0.4 is 10.6 Å². The Balaban J connectivity index is 2.12. The smallest absolute Gasteiger partial charge is 0.0569 e. The quantitative estimate of drug-likeness (QED) is 0.913. The van der Waals surface area contributed by atoms with E-state index >= 15 is 0 Å². The first kappa shape index (κ1) is 13.6. The minimum Gasteiger partial charge on any atom is -0.369 e. The third-order valence-electron chi connectivity index (χ3n) is 3.35. The Kier molecular flexibility index (Phi) is 4.17. The van der Waals surface area contributed by atoms with Crippen molar-refractivity contribution in [2.75, 3.05) is 11.9 Å². The van der Waals surface area contributed by atoms with Crippen molar-refractivity contribution in [2.24, 2.45) is 5.73 Å². The number of aromatic nitrogens is 1. The lowest BCUT2D eigenvalue weighted by Crippen LogP contribution is -2.17. The van der Waals surface area contributed by atoms with Crippen LogP contribution in [0.15, 0.2) is 42.6 Å². The lowest BCUT2D eigenvalue weighted by Gasteiger charge is -2.20. The number of nitrogens with zero attached hydrogens (tertiary/aromatic N) is 2. The molecular formula is C16H21N3. The number of anilines is 1. The van der Waals surface area contributed by atoms with E-state index in [0.29, 0.717) is 0 Å². The van der Waals surface area contributed by atoms with Gasteiger partial charge < -0.3 is 10.6 Å². The van der Waals surface area contributed by atoms with Crippen LogP contribution in [0, 0.1) is 6.92 Å². The van der Waals surface area contributed by atoms with Crippen molar-refractivity contribution < 1.29 is 0 Å². The van der Waals surface area contributed by atoms with Gasteiger partial charge in [0.05, 0.1) is 17.6 Å². The van der Waals surface area contributed by atoms with Gasteiger partial charge in [-0.2, -0.15) is 0 Å². The van der Waals surface area contributed by atoms with Crippen LogP contribution in [0.1, 0.15) is 29.8 Å². The van der Waals surface area contributed by atoms with E-state index in [4.69, 9.17) is 5.73 Å². The van der Waals surface area contributed by atoms with Crippen LogP contribution in [0.5, 0.6) is 0 Å². The Labute approximate surface area is 115 Å². The number of aryl methyl sites for hydroxylation is 1. The predicted molar refractivity (Wildman–Crippen MR) is 80.1 cm³/mol. The summed E-state index contributed by atoms with van der Waals surface area (Å²) in [7, 11) is 2.08. The van der Waals surface area contributed by atoms with Gasteiger partial charge >= 0.3 is 0 Å². The second kappa shape index (κ2) is 5.85. The fourth-order valence-corrected chi connectivity index (χ4v) is 2.03. The minimum absolute atomic E-state index is 0.0178. The largest absolute Gasteiger partial charge is 0.369 e. The van der Waals surface area contributed by atoms with Crippen LogP contribution in [0.3, 0.4) is 0 Å². The molecule has 0 saturated heterocycles. The molecule has 1 aromatic heterocycles. The lowest BCUT2D eigenvalue weighted by atomic mass is 10.1. The van der Waals surface area contributed by atoms with Crippen LogP contribution in [-0.4, -0.2) is 12.0 Å². The van der Waals surface area contributed by atoms with E-state index in [9.17, 15) is 0 Å². The van der Waals surface area contributed by atoms with Crippen molar-refractivity contribution in [1.82, 2.24) is 4.98 Å². The van der Waals surface area contributed by atoms with Crippen LogP contribution in [-0.2, 0) is 6.54 Å². The first-order chi connectivity index (χ1) is 9.08. The maximum atomic E-state index is 5.81. The predicted octanol–water partition coefficient (Wildman–Crippen LogP) is 3.05. The van der Waals surface area contributed by atoms with Crippen molar-refractivity contribution >= 4 is 5.69 Å². The molecule has 2 aromatic rings. The molecule has 19 heavy (non-hydrogen) atoms. The summed E-state index contributed by atoms with van der Waals surface area (Å²) < 4.78 is 0. The summed E-state index contributed by atoms with van der Waals surface area (Å²) in [6.45, 7) is 4.96. The molecule has 2 rings (SSSR count). The summed E-state index contributed by atoms with van der Waals surface area (Å²) in [6, 6.07) is 12.5. The molecule has 0 fully saturated rings. The van der Waals surface area contributed by atoms with Crippen LogP contribution in [0.2, 0.25) is 0 Å². The molecule has 0 amide bonds. The van der Waals surface area contributed by atoms with Gasteiger partial charge in [-0.05, 0) is 37.1 Å². The molecule has 1 heterocycles. The Morgan fingerprint density at radius 1 is 1.21 bits per heavy atom. The third-order valence-corrected chi connectivity index (χ3v) is 3.35. The molecule has 0 radical (unpaired) electrons. The molecule has 100 valence electrons. The molecule has 0 bridgehead atoms. The number of nitrogens with two attached hydrogens (primary N) is 1. The average molecular weight is 255 g/mol. The van der Waals surface area contributed by atoms with E-state index in [1.165, 1.54) is 11.1 Å². The van der Waals surface area contributed by atoms with Gasteiger partial charge in [-0.15, -0.1) is 0 Å². The monoisotopic (exact) mass is 255 g/mol. The second-order valence-electron chi connectivity index (χ2n) is 5.01. The highest BCUT2D eigenvalue weighted by Gasteiger charge is 2.06. The number of hydrogen-bond acceptors (Lipinski definition) is 3. The average Bonchev–Trinajstić information content (AvgIpc) is 2.41. The Morgan fingerprint density at radius 3 is 2.53 bits per heavy atom. The molecule has 0 aliphatic heterocycles. The van der Waals surface area contributed by atoms with Gasteiger partial charge in [0.1, 0.15) is 0 Å². The van der Waals surface area contributed by atoms with E-state index in [2.05, 4.69) is 54.2 Å². The minimum atomic E-state index is -0.0178. The van der Waals surface area contributed by atoms with E-state index in [-0.39, 0.29) is 6.04 Å². The second-order valence-corrected chi connectivity index (χ2v) is 5.01. The maximum Gasteiger partial charge on any atom is 0.0569 e. The van der Waals surface area contributed by atoms with Gasteiger partial charge in [0.2, 0.25) is 0 Å². The van der Waals surface area contributed by atoms with Crippen molar-refractivity contribution in [3.05, 3.63) is 59.4 Å². The fourth-order valence-electron chi connectivity index (χ4n) is 2.03. The molecule has 0 saturated carbocycles. The van der Waals surface area contributed by atoms with Crippen LogP contribution in [0.4, 0.5) is 5.69 Å². The standard InChI is InChI=1S/C16H21N3/c1-12-6-4-5-7-14(12)11-19(3)15-8-9-16(13(2)17)18-10-15/h4-10,13H,11,17H2,1-3H3. The summed E-state index contributed by atoms with van der Waals surface area (Å²) >= 11 is 0. The first-order valence-electron chi connectivity index (χ1n) is 6.55. The third kappa shape index (κ3) is 3.32. The Bertz CT molecular complexity index is 532. The van der Waals surface area contributed by atoms with E-state index in [1.54, 1.807) is 0 Å². The first-order valence-corrected chi connectivity index (χ1v) is 6.55. The van der Waals surface area contributed by atoms with Crippen LogP contribution >= 0.6 is 0 Å². The van der Waals surface area contributed by atoms with E-state index in [0.717, 1.165) is 17.9 Å². The van der Waals surface area contributed by atoms with Crippen molar-refractivity contribution in [3.8, 4) is 0 Å². The summed E-state index contributed by atoms with van der Waals surface area (Å²) in [4.78, 5) is 6.59. The summed E-state index contributed by atoms with van der Waals surface area (Å²) in [5, 5.41) is 0. The highest BCUT2D eigenvalue weighted by Crippen LogP contribution is 2.17. The molecule has 1 unspecified atom stereocenters. The van der Waals surface area contributed by atoms with Gasteiger partial charge in [0, 0.05) is 19.6 Å². The van der Waals surface area contributed by atoms with E-state index in [1.807, 2.05) is 19.2 Å². The molecule has 1 atom stereocenters. The Hall–Kier alpha value is -1.87. The van der Waals surface area contributed by atoms with Gasteiger partial charge in [0.15, 0.2) is 0 Å². The number of pyridine rings is 1. The number of hydrogen-bond donors (Lipinski definition) is 1. The van der Waals surface area contributed by atoms with Crippen molar-refractivity contribution in [2.45, 2.75) is 26.4 Å². The maximum absolute atomic E-state index is 5.81. The SMILES string of the molecule is Cc1ccccc1CN(C)c1ccc(C(C)N)nc1. The zero-order chi connectivity index (χ0) is 13.8. The molecule has 0 aliphatic rings. The molecule has 0 aliphatic carbocycles. The van der Waals surface area contributed by atoms with Gasteiger partial charge in [-0.25, -0.2) is 0 Å². The van der Waals surface area contributed by atoms with Crippen molar-refractivity contribution in [1.29, 1.82) is 0 Å². The number of rotatable bonds is 4. The van der Waals surface area contributed by atoms with E-state index < -0.39 is 0 Å². The molecular weight excluding hydrogens is 234 g/mol. The normalized spacial score (nSPS) is 12.2. The highest BCUT2D eigenvalue weighted by atomic mass is 15.1. The number of benzene rings is 1. The van der Waals surface area contributed by atoms with Crippen LogP contribution in [0.25, 0.3) is 0 Å². The zero-order valence-electron chi connectivity index (χ0n) is 11.8. The molecule has 0 spiro atoms. The van der Waals surface area contributed by atoms with Gasteiger partial charge in [0.25, 0.3) is 0 Å². The molecule has 1 aromatic carbocycles. The molecule has 2 N–H and O–H groups in total. The van der Waals surface area contributed by atoms with Gasteiger partial charge in [-0.1, -0.05) is 24.3 Å². The topological polar surface area (TPSA) is 42.1 Å². The fraction of sp³-hybridized carbons (Fsp3) is 0.312. The molecule has 3 heteroatoms. The summed E-state index contributed by atoms with van der Waals surface area (Å²) in [5.74, 6) is 0.